The molecule has 1 amide bonds. The molecule has 1 aromatic heterocycles. The second kappa shape index (κ2) is 8.51. The lowest BCUT2D eigenvalue weighted by Gasteiger charge is -2.14. The van der Waals surface area contributed by atoms with Gasteiger partial charge in [0.2, 0.25) is 5.95 Å². The first kappa shape index (κ1) is 18.7. The van der Waals surface area contributed by atoms with Gasteiger partial charge in [0.25, 0.3) is 5.91 Å². The van der Waals surface area contributed by atoms with Crippen molar-refractivity contribution in [1.82, 2.24) is 9.97 Å². The van der Waals surface area contributed by atoms with Gasteiger partial charge in [-0.1, -0.05) is 29.8 Å². The van der Waals surface area contributed by atoms with Crippen molar-refractivity contribution in [1.29, 1.82) is 0 Å². The number of nitrogens with zero attached hydrogens (tertiary/aromatic N) is 2. The Bertz CT molecular complexity index is 947. The van der Waals surface area contributed by atoms with Crippen molar-refractivity contribution in [2.24, 2.45) is 0 Å². The first-order valence-corrected chi connectivity index (χ1v) is 8.82. The van der Waals surface area contributed by atoms with E-state index in [1.165, 1.54) is 6.20 Å². The Hall–Kier alpha value is -3.12. The Labute approximate surface area is 162 Å². The minimum atomic E-state index is -0.352. The van der Waals surface area contributed by atoms with Crippen molar-refractivity contribution in [3.63, 3.8) is 0 Å². The number of benzene rings is 2. The van der Waals surface area contributed by atoms with Gasteiger partial charge in [0, 0.05) is 16.9 Å². The summed E-state index contributed by atoms with van der Waals surface area (Å²) in [4.78, 5) is 20.9. The summed E-state index contributed by atoms with van der Waals surface area (Å²) in [6, 6.07) is 15.9. The van der Waals surface area contributed by atoms with E-state index in [2.05, 4.69) is 20.6 Å². The highest BCUT2D eigenvalue weighted by Gasteiger charge is 2.11. The Morgan fingerprint density at radius 3 is 2.70 bits per heavy atom. The van der Waals surface area contributed by atoms with Crippen LogP contribution in [0.4, 0.5) is 17.3 Å². The van der Waals surface area contributed by atoms with E-state index in [4.69, 9.17) is 16.3 Å². The molecule has 3 aromatic rings. The third-order valence-corrected chi connectivity index (χ3v) is 3.70. The molecule has 0 spiro atoms. The van der Waals surface area contributed by atoms with Gasteiger partial charge in [0.15, 0.2) is 0 Å². The molecule has 1 heterocycles. The number of ether oxygens (including phenoxy) is 1. The van der Waals surface area contributed by atoms with Crippen LogP contribution in [0.5, 0.6) is 5.75 Å². The summed E-state index contributed by atoms with van der Waals surface area (Å²) >= 11 is 5.94. The molecule has 0 aliphatic heterocycles. The van der Waals surface area contributed by atoms with Crippen molar-refractivity contribution in [2.45, 2.75) is 20.0 Å². The fourth-order valence-corrected chi connectivity index (χ4v) is 2.54. The van der Waals surface area contributed by atoms with Crippen LogP contribution in [0.3, 0.4) is 0 Å². The number of aromatic nitrogens is 2. The van der Waals surface area contributed by atoms with Gasteiger partial charge in [-0.05, 0) is 50.2 Å². The van der Waals surface area contributed by atoms with Crippen molar-refractivity contribution in [3.8, 4) is 5.75 Å². The first-order chi connectivity index (χ1) is 13.0. The molecule has 2 aromatic carbocycles. The molecule has 0 unspecified atom stereocenters. The number of carbonyl (C=O) groups is 1. The van der Waals surface area contributed by atoms with E-state index < -0.39 is 0 Å². The van der Waals surface area contributed by atoms with Crippen LogP contribution in [0.25, 0.3) is 0 Å². The predicted octanol–water partition coefficient (Wildman–Crippen LogP) is 4.91. The van der Waals surface area contributed by atoms with E-state index in [9.17, 15) is 4.79 Å². The molecule has 0 aliphatic rings. The molecule has 27 heavy (non-hydrogen) atoms. The van der Waals surface area contributed by atoms with Gasteiger partial charge in [-0.15, -0.1) is 0 Å². The van der Waals surface area contributed by atoms with Crippen LogP contribution < -0.4 is 15.4 Å². The van der Waals surface area contributed by atoms with Crippen LogP contribution in [0, 0.1) is 0 Å². The molecule has 0 atom stereocenters. The zero-order valence-corrected chi connectivity index (χ0v) is 15.7. The summed E-state index contributed by atoms with van der Waals surface area (Å²) in [6.07, 6.45) is 1.55. The smallest absolute Gasteiger partial charge is 0.274 e. The molecule has 0 aliphatic carbocycles. The van der Waals surface area contributed by atoms with E-state index in [1.807, 2.05) is 38.1 Å². The Morgan fingerprint density at radius 2 is 1.93 bits per heavy atom. The lowest BCUT2D eigenvalue weighted by atomic mass is 10.3. The lowest BCUT2D eigenvalue weighted by molar-refractivity contribution is 0.102. The highest BCUT2D eigenvalue weighted by atomic mass is 35.5. The molecule has 0 bridgehead atoms. The number of carbonyl (C=O) groups excluding carboxylic acids is 1. The Morgan fingerprint density at radius 1 is 1.11 bits per heavy atom. The summed E-state index contributed by atoms with van der Waals surface area (Å²) in [7, 11) is 0. The standard InChI is InChI=1S/C20H19ClN4O2/c1-13(2)27-18-9-4-3-8-16(18)24-20-22-11-10-17(25-20)19(26)23-15-7-5-6-14(21)12-15/h3-13H,1-2H3,(H,23,26)(H,22,24,25). The van der Waals surface area contributed by atoms with E-state index in [-0.39, 0.29) is 17.7 Å². The maximum atomic E-state index is 12.4. The van der Waals surface area contributed by atoms with Gasteiger partial charge in [-0.25, -0.2) is 9.97 Å². The number of halogens is 1. The van der Waals surface area contributed by atoms with E-state index in [0.29, 0.717) is 22.4 Å². The molecule has 138 valence electrons. The highest BCUT2D eigenvalue weighted by molar-refractivity contribution is 6.30. The molecule has 0 radical (unpaired) electrons. The fourth-order valence-electron chi connectivity index (χ4n) is 2.35. The van der Waals surface area contributed by atoms with Gasteiger partial charge in [-0.2, -0.15) is 0 Å². The van der Waals surface area contributed by atoms with Gasteiger partial charge >= 0.3 is 0 Å². The normalized spacial score (nSPS) is 10.5. The first-order valence-electron chi connectivity index (χ1n) is 8.44. The quantitative estimate of drug-likeness (QED) is 0.633. The summed E-state index contributed by atoms with van der Waals surface area (Å²) < 4.78 is 5.78. The molecule has 0 saturated heterocycles. The molecule has 2 N–H and O–H groups in total. The number of hydrogen-bond donors (Lipinski definition) is 2. The van der Waals surface area contributed by atoms with Crippen molar-refractivity contribution in [3.05, 3.63) is 71.5 Å². The van der Waals surface area contributed by atoms with E-state index in [0.717, 1.165) is 5.69 Å². The fraction of sp³-hybridized carbons (Fsp3) is 0.150. The number of para-hydroxylation sites is 2. The molecule has 0 saturated carbocycles. The van der Waals surface area contributed by atoms with Crippen LogP contribution in [-0.4, -0.2) is 22.0 Å². The van der Waals surface area contributed by atoms with Crippen LogP contribution in [0.1, 0.15) is 24.3 Å². The number of amides is 1. The summed E-state index contributed by atoms with van der Waals surface area (Å²) in [5.74, 6) is 0.632. The van der Waals surface area contributed by atoms with Crippen LogP contribution >= 0.6 is 11.6 Å². The second-order valence-electron chi connectivity index (χ2n) is 6.02. The van der Waals surface area contributed by atoms with E-state index in [1.54, 1.807) is 30.3 Å². The zero-order chi connectivity index (χ0) is 19.2. The van der Waals surface area contributed by atoms with Crippen molar-refractivity contribution in [2.75, 3.05) is 10.6 Å². The van der Waals surface area contributed by atoms with Gasteiger partial charge < -0.3 is 15.4 Å². The lowest BCUT2D eigenvalue weighted by Crippen LogP contribution is -2.15. The van der Waals surface area contributed by atoms with Crippen molar-refractivity contribution < 1.29 is 9.53 Å². The van der Waals surface area contributed by atoms with Crippen LogP contribution in [0.15, 0.2) is 60.8 Å². The second-order valence-corrected chi connectivity index (χ2v) is 6.45. The highest BCUT2D eigenvalue weighted by Crippen LogP contribution is 2.27. The maximum absolute atomic E-state index is 12.4. The summed E-state index contributed by atoms with van der Waals surface area (Å²) in [6.45, 7) is 3.90. The minimum Gasteiger partial charge on any atom is -0.489 e. The number of rotatable bonds is 6. The van der Waals surface area contributed by atoms with Gasteiger partial charge in [0.1, 0.15) is 11.4 Å². The largest absolute Gasteiger partial charge is 0.489 e. The summed E-state index contributed by atoms with van der Waals surface area (Å²) in [5.41, 5.74) is 1.55. The average Bonchev–Trinajstić information content (AvgIpc) is 2.63. The third-order valence-electron chi connectivity index (χ3n) is 3.47. The molecule has 0 fully saturated rings. The minimum absolute atomic E-state index is 0.0312. The molecule has 3 rings (SSSR count). The van der Waals surface area contributed by atoms with Crippen LogP contribution in [-0.2, 0) is 0 Å². The monoisotopic (exact) mass is 382 g/mol. The SMILES string of the molecule is CC(C)Oc1ccccc1Nc1nccc(C(=O)Nc2cccc(Cl)c2)n1. The van der Waals surface area contributed by atoms with Crippen molar-refractivity contribution >= 4 is 34.8 Å². The Kier molecular flexibility index (Phi) is 5.88. The zero-order valence-electron chi connectivity index (χ0n) is 14.9. The number of nitrogens with one attached hydrogen (secondary N) is 2. The summed E-state index contributed by atoms with van der Waals surface area (Å²) in [5, 5.41) is 6.40. The topological polar surface area (TPSA) is 76.1 Å². The van der Waals surface area contributed by atoms with E-state index >= 15 is 0 Å². The van der Waals surface area contributed by atoms with Crippen LogP contribution in [0.2, 0.25) is 5.02 Å². The number of anilines is 3. The Balaban J connectivity index is 1.77. The molecule has 7 heteroatoms. The molecular formula is C20H19ClN4O2. The molecule has 6 nitrogen and oxygen atoms in total. The third kappa shape index (κ3) is 5.18. The maximum Gasteiger partial charge on any atom is 0.274 e. The van der Waals surface area contributed by atoms with Gasteiger partial charge in [0.05, 0.1) is 11.8 Å². The number of hydrogen-bond acceptors (Lipinski definition) is 5. The molecular weight excluding hydrogens is 364 g/mol. The predicted molar refractivity (Wildman–Crippen MR) is 107 cm³/mol. The van der Waals surface area contributed by atoms with Gasteiger partial charge in [-0.3, -0.25) is 4.79 Å². The average molecular weight is 383 g/mol.